The third-order valence-electron chi connectivity index (χ3n) is 12.7. The molecular formula is C52H52N16. The highest BCUT2D eigenvalue weighted by atomic mass is 15.3. The molecule has 16 nitrogen and oxygen atoms in total. The van der Waals surface area contributed by atoms with E-state index < -0.39 is 0 Å². The van der Waals surface area contributed by atoms with Crippen molar-refractivity contribution >= 4 is 34.3 Å². The number of aromatic nitrogens is 12. The number of pyridine rings is 2. The van der Waals surface area contributed by atoms with Gasteiger partial charge in [0.25, 0.3) is 0 Å². The van der Waals surface area contributed by atoms with Crippen molar-refractivity contribution in [2.45, 2.75) is 25.3 Å². The second-order valence-electron chi connectivity index (χ2n) is 17.8. The molecule has 68 heavy (non-hydrogen) atoms. The van der Waals surface area contributed by atoms with E-state index in [-0.39, 0.29) is 6.04 Å². The molecule has 1 aliphatic heterocycles. The minimum atomic E-state index is 0.255. The van der Waals surface area contributed by atoms with Crippen LogP contribution in [-0.2, 0) is 26.9 Å². The molecule has 10 aromatic rings. The Bertz CT molecular complexity index is 3310. The van der Waals surface area contributed by atoms with E-state index in [1.165, 1.54) is 11.1 Å². The van der Waals surface area contributed by atoms with Crippen LogP contribution in [0.25, 0.3) is 44.7 Å². The van der Waals surface area contributed by atoms with Gasteiger partial charge >= 0.3 is 0 Å². The van der Waals surface area contributed by atoms with Crippen LogP contribution in [0.1, 0.15) is 28.7 Å². The van der Waals surface area contributed by atoms with E-state index in [1.54, 1.807) is 0 Å². The Morgan fingerprint density at radius 2 is 1.09 bits per heavy atom. The molecule has 0 radical (unpaired) electrons. The molecule has 0 unspecified atom stereocenters. The summed E-state index contributed by atoms with van der Waals surface area (Å²) in [6.45, 7) is 3.29. The van der Waals surface area contributed by atoms with Crippen molar-refractivity contribution in [3.63, 3.8) is 0 Å². The van der Waals surface area contributed by atoms with Gasteiger partial charge in [-0.3, -0.25) is 9.36 Å². The molecule has 9 heterocycles. The maximum Gasteiger partial charge on any atom is 0.225 e. The third-order valence-corrected chi connectivity index (χ3v) is 12.7. The molecule has 0 bridgehead atoms. The molecule has 2 aromatic carbocycles. The quantitative estimate of drug-likeness (QED) is 0.103. The monoisotopic (exact) mass is 900 g/mol. The predicted octanol–water partition coefficient (Wildman–Crippen LogP) is 7.48. The minimum Gasteiger partial charge on any atom is -0.376 e. The van der Waals surface area contributed by atoms with Crippen molar-refractivity contribution < 1.29 is 0 Å². The average molecular weight is 901 g/mol. The van der Waals surface area contributed by atoms with Gasteiger partial charge in [-0.25, -0.2) is 29.0 Å². The summed E-state index contributed by atoms with van der Waals surface area (Å²) in [5.41, 5.74) is 14.3. The van der Waals surface area contributed by atoms with Crippen LogP contribution < -0.4 is 20.0 Å². The first-order valence-corrected chi connectivity index (χ1v) is 22.9. The number of benzene rings is 2. The SMILES string of the molecule is CN(CCCN(C)c1cnn2cc(-c3cn(C)nc3-c3nn(C)cc3-c3ccc4c(NC5CN(c6ncc(Cc7ccccc7)cn6)C5)cnn4c3)ccc12)c1ncc(Cc2ccccc2)cn1. The molecule has 11 rings (SSSR count). The van der Waals surface area contributed by atoms with Crippen molar-refractivity contribution in [2.75, 3.05) is 60.3 Å². The van der Waals surface area contributed by atoms with Crippen LogP contribution in [0.3, 0.4) is 0 Å². The van der Waals surface area contributed by atoms with Gasteiger partial charge in [-0.1, -0.05) is 72.8 Å². The lowest BCUT2D eigenvalue weighted by atomic mass is 10.0. The van der Waals surface area contributed by atoms with E-state index in [4.69, 9.17) is 20.4 Å². The van der Waals surface area contributed by atoms with Crippen molar-refractivity contribution in [1.29, 1.82) is 0 Å². The second-order valence-corrected chi connectivity index (χ2v) is 17.8. The first-order chi connectivity index (χ1) is 33.3. The van der Waals surface area contributed by atoms with Crippen molar-refractivity contribution in [1.82, 2.24) is 58.7 Å². The van der Waals surface area contributed by atoms with Crippen LogP contribution in [0.2, 0.25) is 0 Å². The normalized spacial score (nSPS) is 12.8. The molecule has 0 saturated carbocycles. The Morgan fingerprint density at radius 1 is 0.559 bits per heavy atom. The number of anilines is 4. The number of aryl methyl sites for hydroxylation is 2. The maximum atomic E-state index is 4.97. The van der Waals surface area contributed by atoms with Gasteiger partial charge in [-0.2, -0.15) is 20.4 Å². The number of nitrogens with zero attached hydrogens (tertiary/aromatic N) is 15. The first kappa shape index (κ1) is 42.2. The van der Waals surface area contributed by atoms with Gasteiger partial charge in [-0.05, 0) is 40.8 Å². The van der Waals surface area contributed by atoms with Gasteiger partial charge in [-0.15, -0.1) is 0 Å². The summed E-state index contributed by atoms with van der Waals surface area (Å²) in [5.74, 6) is 1.49. The smallest absolute Gasteiger partial charge is 0.225 e. The number of rotatable bonds is 16. The molecular weight excluding hydrogens is 849 g/mol. The lowest BCUT2D eigenvalue weighted by molar-refractivity contribution is 0.538. The fourth-order valence-corrected chi connectivity index (χ4v) is 9.05. The molecule has 16 heteroatoms. The standard InChI is InChI=1S/C52H52N16/c1-62(20-11-21-63(2)51-53-24-38(25-54-51)22-36-12-7-5-8-13-36)48-29-58-68-31-41(17-19-47(48)68)44-35-65(4)61-50(44)49-43(34-64(3)60-49)40-16-18-46-45(28-57-67(46)30-40)59-42-32-66(33-42)52-55-26-39(27-56-52)23-37-14-9-6-10-15-37/h5-10,12-19,24-31,34-35,42,59H,11,20-23,32-33H2,1-4H3. The van der Waals surface area contributed by atoms with Gasteiger partial charge in [0.15, 0.2) is 0 Å². The van der Waals surface area contributed by atoms with Gasteiger partial charge in [0.2, 0.25) is 11.9 Å². The van der Waals surface area contributed by atoms with E-state index in [0.29, 0.717) is 0 Å². The highest BCUT2D eigenvalue weighted by molar-refractivity contribution is 5.88. The molecule has 0 amide bonds. The van der Waals surface area contributed by atoms with E-state index in [1.807, 2.05) is 101 Å². The van der Waals surface area contributed by atoms with Crippen molar-refractivity contribution in [2.24, 2.45) is 14.1 Å². The molecule has 0 atom stereocenters. The topological polar surface area (TPSA) is 144 Å². The minimum absolute atomic E-state index is 0.255. The Morgan fingerprint density at radius 3 is 1.69 bits per heavy atom. The van der Waals surface area contributed by atoms with Gasteiger partial charge in [0, 0.05) is 139 Å². The Hall–Kier alpha value is -8.40. The van der Waals surface area contributed by atoms with Crippen molar-refractivity contribution in [3.05, 3.63) is 169 Å². The van der Waals surface area contributed by atoms with E-state index in [0.717, 1.165) is 125 Å². The summed E-state index contributed by atoms with van der Waals surface area (Å²) in [6, 6.07) is 29.6. The Kier molecular flexibility index (Phi) is 11.3. The number of hydrogen-bond acceptors (Lipinski definition) is 12. The molecule has 8 aromatic heterocycles. The number of fused-ring (bicyclic) bond motifs is 2. The summed E-state index contributed by atoms with van der Waals surface area (Å²) < 4.78 is 7.57. The van der Waals surface area contributed by atoms with Gasteiger partial charge < -0.3 is 20.0 Å². The Balaban J connectivity index is 0.738. The van der Waals surface area contributed by atoms with Crippen LogP contribution in [0.4, 0.5) is 23.3 Å². The van der Waals surface area contributed by atoms with E-state index in [2.05, 4.69) is 132 Å². The average Bonchev–Trinajstić information content (AvgIpc) is 4.16. The van der Waals surface area contributed by atoms with Gasteiger partial charge in [0.05, 0.1) is 40.8 Å². The summed E-state index contributed by atoms with van der Waals surface area (Å²) >= 11 is 0. The third kappa shape index (κ3) is 8.70. The molecule has 1 N–H and O–H groups in total. The van der Waals surface area contributed by atoms with Crippen LogP contribution >= 0.6 is 0 Å². The molecule has 1 saturated heterocycles. The van der Waals surface area contributed by atoms with E-state index >= 15 is 0 Å². The molecule has 0 aliphatic carbocycles. The maximum absolute atomic E-state index is 4.97. The largest absolute Gasteiger partial charge is 0.376 e. The van der Waals surface area contributed by atoms with Crippen molar-refractivity contribution in [3.8, 4) is 33.6 Å². The number of nitrogens with one attached hydrogen (secondary N) is 1. The molecule has 340 valence electrons. The predicted molar refractivity (Wildman–Crippen MR) is 267 cm³/mol. The van der Waals surface area contributed by atoms with Crippen LogP contribution in [0.15, 0.2) is 147 Å². The first-order valence-electron chi connectivity index (χ1n) is 22.9. The zero-order chi connectivity index (χ0) is 46.1. The summed E-state index contributed by atoms with van der Waals surface area (Å²) in [4.78, 5) is 25.2. The van der Waals surface area contributed by atoms with Crippen LogP contribution in [0, 0.1) is 0 Å². The Labute approximate surface area is 394 Å². The lowest BCUT2D eigenvalue weighted by Crippen LogP contribution is -2.55. The molecule has 1 fully saturated rings. The molecule has 0 spiro atoms. The van der Waals surface area contributed by atoms with Gasteiger partial charge in [0.1, 0.15) is 11.4 Å². The highest BCUT2D eigenvalue weighted by Crippen LogP contribution is 2.37. The zero-order valence-corrected chi connectivity index (χ0v) is 38.6. The highest BCUT2D eigenvalue weighted by Gasteiger charge is 2.29. The zero-order valence-electron chi connectivity index (χ0n) is 38.6. The fraction of sp³-hybridized carbons (Fsp3) is 0.231. The summed E-state index contributed by atoms with van der Waals surface area (Å²) in [5, 5.41) is 23.2. The summed E-state index contributed by atoms with van der Waals surface area (Å²) in [6.07, 6.45) is 22.4. The van der Waals surface area contributed by atoms with Crippen LogP contribution in [-0.4, -0.2) is 105 Å². The second kappa shape index (κ2) is 18.1. The summed E-state index contributed by atoms with van der Waals surface area (Å²) in [7, 11) is 8.05. The lowest BCUT2D eigenvalue weighted by Gasteiger charge is -2.39. The fourth-order valence-electron chi connectivity index (χ4n) is 9.05. The molecule has 1 aliphatic rings. The van der Waals surface area contributed by atoms with Crippen LogP contribution in [0.5, 0.6) is 0 Å². The number of hydrogen-bond donors (Lipinski definition) is 1. The van der Waals surface area contributed by atoms with E-state index in [9.17, 15) is 0 Å².